The topological polar surface area (TPSA) is 94.8 Å². The van der Waals surface area contributed by atoms with E-state index in [0.29, 0.717) is 66.6 Å². The van der Waals surface area contributed by atoms with Crippen molar-refractivity contribution in [1.82, 2.24) is 25.3 Å². The van der Waals surface area contributed by atoms with Gasteiger partial charge in [0.1, 0.15) is 0 Å². The van der Waals surface area contributed by atoms with Gasteiger partial charge in [-0.1, -0.05) is 28.4 Å². The zero-order chi connectivity index (χ0) is 22.7. The number of likely N-dealkylation sites (tertiary alicyclic amines) is 1. The number of hydrogen-bond acceptors (Lipinski definition) is 7. The number of likely N-dealkylation sites (N-methyl/N-ethyl adjacent to an activating group) is 1. The lowest BCUT2D eigenvalue weighted by Gasteiger charge is -2.31. The van der Waals surface area contributed by atoms with Gasteiger partial charge in [-0.3, -0.25) is 14.5 Å². The number of rotatable bonds is 3. The molecule has 0 radical (unpaired) electrons. The van der Waals surface area contributed by atoms with Crippen LogP contribution in [0.4, 0.5) is 6.01 Å². The van der Waals surface area contributed by atoms with Gasteiger partial charge in [0.05, 0.1) is 6.04 Å². The third-order valence-corrected chi connectivity index (χ3v) is 6.31. The SMILES string of the molecule is CN1CCCC1C(=O)N1CCC(=O)NCCN(c2nc(-c3cc(Cl)cc(Cl)c3)no2)CC1. The van der Waals surface area contributed by atoms with Crippen molar-refractivity contribution in [2.75, 3.05) is 51.2 Å². The predicted molar refractivity (Wildman–Crippen MR) is 122 cm³/mol. The van der Waals surface area contributed by atoms with Crippen molar-refractivity contribution in [3.63, 3.8) is 0 Å². The average molecular weight is 481 g/mol. The largest absolute Gasteiger partial charge is 0.354 e. The average Bonchev–Trinajstić information content (AvgIpc) is 3.40. The van der Waals surface area contributed by atoms with Crippen molar-refractivity contribution in [3.05, 3.63) is 28.2 Å². The Morgan fingerprint density at radius 1 is 1.12 bits per heavy atom. The quantitative estimate of drug-likeness (QED) is 0.719. The first-order valence-corrected chi connectivity index (χ1v) is 11.5. The molecule has 1 aromatic heterocycles. The number of nitrogens with one attached hydrogen (secondary N) is 1. The van der Waals surface area contributed by atoms with Crippen molar-refractivity contribution in [2.24, 2.45) is 0 Å². The number of hydrogen-bond donors (Lipinski definition) is 1. The normalized spacial score (nSPS) is 21.0. The van der Waals surface area contributed by atoms with Gasteiger partial charge in [0.2, 0.25) is 17.6 Å². The molecule has 9 nitrogen and oxygen atoms in total. The van der Waals surface area contributed by atoms with Gasteiger partial charge in [0.25, 0.3) is 0 Å². The van der Waals surface area contributed by atoms with Crippen LogP contribution in [0.5, 0.6) is 0 Å². The first-order chi connectivity index (χ1) is 15.4. The van der Waals surface area contributed by atoms with Crippen LogP contribution in [-0.2, 0) is 9.59 Å². The van der Waals surface area contributed by atoms with Crippen LogP contribution in [0.1, 0.15) is 19.3 Å². The van der Waals surface area contributed by atoms with Crippen molar-refractivity contribution in [2.45, 2.75) is 25.3 Å². The Hall–Kier alpha value is -2.36. The zero-order valence-electron chi connectivity index (χ0n) is 17.9. The fourth-order valence-electron chi connectivity index (χ4n) is 4.11. The second kappa shape index (κ2) is 10.1. The summed E-state index contributed by atoms with van der Waals surface area (Å²) in [6.45, 7) is 3.20. The summed E-state index contributed by atoms with van der Waals surface area (Å²) in [4.78, 5) is 35.6. The van der Waals surface area contributed by atoms with E-state index in [1.165, 1.54) is 0 Å². The number of halogens is 2. The Kier molecular flexibility index (Phi) is 7.17. The number of amides is 2. The first kappa shape index (κ1) is 22.8. The van der Waals surface area contributed by atoms with Crippen molar-refractivity contribution in [3.8, 4) is 11.4 Å². The standard InChI is InChI=1S/C21H26Cl2N6O3/c1-27-6-2-3-17(27)20(31)28-7-4-18(30)24-5-8-29(10-9-28)21-25-19(26-32-21)14-11-15(22)13-16(23)12-14/h11-13,17H,2-10H2,1H3,(H,24,30). The number of benzene rings is 1. The molecule has 1 N–H and O–H groups in total. The van der Waals surface area contributed by atoms with Gasteiger partial charge in [0, 0.05) is 54.8 Å². The van der Waals surface area contributed by atoms with Gasteiger partial charge in [-0.25, -0.2) is 0 Å². The fraction of sp³-hybridized carbons (Fsp3) is 0.524. The van der Waals surface area contributed by atoms with Crippen LogP contribution in [-0.4, -0.2) is 84.1 Å². The van der Waals surface area contributed by atoms with E-state index in [1.54, 1.807) is 23.1 Å². The zero-order valence-corrected chi connectivity index (χ0v) is 19.4. The van der Waals surface area contributed by atoms with Crippen molar-refractivity contribution >= 4 is 41.0 Å². The highest BCUT2D eigenvalue weighted by atomic mass is 35.5. The molecule has 4 rings (SSSR count). The molecule has 0 aliphatic carbocycles. The minimum Gasteiger partial charge on any atom is -0.354 e. The summed E-state index contributed by atoms with van der Waals surface area (Å²) in [7, 11) is 1.97. The maximum atomic E-state index is 13.1. The smallest absolute Gasteiger partial charge is 0.324 e. The minimum atomic E-state index is -0.128. The van der Waals surface area contributed by atoms with Crippen molar-refractivity contribution in [1.29, 1.82) is 0 Å². The van der Waals surface area contributed by atoms with Gasteiger partial charge < -0.3 is 19.6 Å². The molecule has 2 amide bonds. The number of carbonyl (C=O) groups is 2. The number of anilines is 1. The Morgan fingerprint density at radius 2 is 1.91 bits per heavy atom. The summed E-state index contributed by atoms with van der Waals surface area (Å²) in [5, 5.41) is 7.91. The van der Waals surface area contributed by atoms with Crippen LogP contribution in [0, 0.1) is 0 Å². The molecule has 3 heterocycles. The van der Waals surface area contributed by atoms with E-state index in [9.17, 15) is 9.59 Å². The minimum absolute atomic E-state index is 0.0677. The molecule has 2 aliphatic rings. The highest BCUT2D eigenvalue weighted by Gasteiger charge is 2.32. The lowest BCUT2D eigenvalue weighted by atomic mass is 10.2. The monoisotopic (exact) mass is 480 g/mol. The molecular formula is C21H26Cl2N6O3. The van der Waals surface area contributed by atoms with Crippen LogP contribution in [0.15, 0.2) is 22.7 Å². The summed E-state index contributed by atoms with van der Waals surface area (Å²) in [5.74, 6) is 0.355. The molecule has 32 heavy (non-hydrogen) atoms. The van der Waals surface area contributed by atoms with Gasteiger partial charge in [-0.05, 0) is 44.6 Å². The number of aromatic nitrogens is 2. The van der Waals surface area contributed by atoms with Gasteiger partial charge >= 0.3 is 6.01 Å². The van der Waals surface area contributed by atoms with Gasteiger partial charge in [-0.2, -0.15) is 4.98 Å². The van der Waals surface area contributed by atoms with E-state index in [-0.39, 0.29) is 17.9 Å². The molecule has 0 bridgehead atoms. The van der Waals surface area contributed by atoms with E-state index >= 15 is 0 Å². The number of nitrogens with zero attached hydrogens (tertiary/aromatic N) is 5. The molecule has 2 aliphatic heterocycles. The fourth-order valence-corrected chi connectivity index (χ4v) is 4.64. The highest BCUT2D eigenvalue weighted by Crippen LogP contribution is 2.27. The van der Waals surface area contributed by atoms with Gasteiger partial charge in [0.15, 0.2) is 0 Å². The third kappa shape index (κ3) is 5.33. The molecule has 2 fully saturated rings. The molecule has 2 saturated heterocycles. The lowest BCUT2D eigenvalue weighted by Crippen LogP contribution is -2.49. The van der Waals surface area contributed by atoms with Crippen LogP contribution in [0.25, 0.3) is 11.4 Å². The molecular weight excluding hydrogens is 455 g/mol. The Labute approximate surface area is 196 Å². The molecule has 11 heteroatoms. The summed E-state index contributed by atoms with van der Waals surface area (Å²) < 4.78 is 5.50. The van der Waals surface area contributed by atoms with Crippen LogP contribution in [0.3, 0.4) is 0 Å². The van der Waals surface area contributed by atoms with Crippen molar-refractivity contribution < 1.29 is 14.1 Å². The van der Waals surface area contributed by atoms with E-state index in [0.717, 1.165) is 19.4 Å². The first-order valence-electron chi connectivity index (χ1n) is 10.7. The summed E-state index contributed by atoms with van der Waals surface area (Å²) in [5.41, 5.74) is 0.646. The lowest BCUT2D eigenvalue weighted by molar-refractivity contribution is -0.136. The van der Waals surface area contributed by atoms with Crippen LogP contribution >= 0.6 is 23.2 Å². The summed E-state index contributed by atoms with van der Waals surface area (Å²) in [6, 6.07) is 5.25. The molecule has 1 unspecified atom stereocenters. The second-order valence-corrected chi connectivity index (χ2v) is 8.98. The molecule has 0 saturated carbocycles. The van der Waals surface area contributed by atoms with Crippen LogP contribution in [0.2, 0.25) is 10.0 Å². The Morgan fingerprint density at radius 3 is 2.62 bits per heavy atom. The molecule has 0 spiro atoms. The summed E-state index contributed by atoms with van der Waals surface area (Å²) >= 11 is 12.2. The van der Waals surface area contributed by atoms with E-state index in [1.807, 2.05) is 11.9 Å². The Bertz CT molecular complexity index is 964. The third-order valence-electron chi connectivity index (χ3n) is 5.88. The maximum Gasteiger partial charge on any atom is 0.324 e. The van der Waals surface area contributed by atoms with E-state index in [4.69, 9.17) is 27.7 Å². The molecule has 2 aromatic rings. The Balaban J connectivity index is 1.51. The molecule has 1 atom stereocenters. The van der Waals surface area contributed by atoms with E-state index in [2.05, 4.69) is 20.4 Å². The summed E-state index contributed by atoms with van der Waals surface area (Å²) in [6.07, 6.45) is 2.14. The molecule has 1 aromatic carbocycles. The van der Waals surface area contributed by atoms with Crippen LogP contribution < -0.4 is 10.2 Å². The van der Waals surface area contributed by atoms with E-state index < -0.39 is 0 Å². The molecule has 172 valence electrons. The maximum absolute atomic E-state index is 13.1. The van der Waals surface area contributed by atoms with Gasteiger partial charge in [-0.15, -0.1) is 0 Å². The second-order valence-electron chi connectivity index (χ2n) is 8.11. The highest BCUT2D eigenvalue weighted by molar-refractivity contribution is 6.35. The predicted octanol–water partition coefficient (Wildman–Crippen LogP) is 2.29. The number of carbonyl (C=O) groups excluding carboxylic acids is 2.